The number of anilines is 1. The summed E-state index contributed by atoms with van der Waals surface area (Å²) in [5.41, 5.74) is 1.71. The minimum absolute atomic E-state index is 0.141. The van der Waals surface area contributed by atoms with Gasteiger partial charge in [0.2, 0.25) is 22.7 Å². The van der Waals surface area contributed by atoms with Crippen LogP contribution in [0.1, 0.15) is 6.42 Å². The number of rotatable bonds is 6. The van der Waals surface area contributed by atoms with Crippen LogP contribution in [0, 0.1) is 0 Å². The zero-order valence-corrected chi connectivity index (χ0v) is 16.6. The van der Waals surface area contributed by atoms with E-state index < -0.39 is 10.0 Å². The number of hydrogen-bond donors (Lipinski definition) is 1. The molecule has 11 heteroatoms. The van der Waals surface area contributed by atoms with E-state index in [9.17, 15) is 13.2 Å². The number of sulfonamides is 1. The molecule has 0 radical (unpaired) electrons. The highest BCUT2D eigenvalue weighted by atomic mass is 32.2. The number of benzene rings is 2. The van der Waals surface area contributed by atoms with Gasteiger partial charge in [-0.05, 0) is 30.3 Å². The SMILES string of the molecule is CN(C)S(=O)(=O)c1ccc2c(c1)nnn2CCC(=O)Nc1ccc2c(c1)OCO2. The van der Waals surface area contributed by atoms with E-state index in [-0.39, 0.29) is 24.0 Å². The first-order chi connectivity index (χ1) is 13.8. The van der Waals surface area contributed by atoms with Crippen LogP contribution in [0.25, 0.3) is 11.0 Å². The maximum absolute atomic E-state index is 12.3. The molecule has 3 aromatic rings. The quantitative estimate of drug-likeness (QED) is 0.645. The van der Waals surface area contributed by atoms with Gasteiger partial charge in [-0.3, -0.25) is 4.79 Å². The Morgan fingerprint density at radius 3 is 2.76 bits per heavy atom. The molecule has 2 heterocycles. The molecule has 0 saturated carbocycles. The molecule has 0 unspecified atom stereocenters. The number of hydrogen-bond acceptors (Lipinski definition) is 7. The van der Waals surface area contributed by atoms with Crippen LogP contribution in [0.15, 0.2) is 41.3 Å². The van der Waals surface area contributed by atoms with Crippen molar-refractivity contribution >= 4 is 32.7 Å². The lowest BCUT2D eigenvalue weighted by Crippen LogP contribution is -2.22. The van der Waals surface area contributed by atoms with Gasteiger partial charge in [0.1, 0.15) is 5.52 Å². The Balaban J connectivity index is 1.44. The molecule has 0 spiro atoms. The van der Waals surface area contributed by atoms with Crippen molar-refractivity contribution in [2.45, 2.75) is 17.9 Å². The second-order valence-electron chi connectivity index (χ2n) is 6.62. The third-order valence-electron chi connectivity index (χ3n) is 4.47. The van der Waals surface area contributed by atoms with E-state index in [1.807, 2.05) is 0 Å². The van der Waals surface area contributed by atoms with Crippen molar-refractivity contribution in [2.24, 2.45) is 0 Å². The Morgan fingerprint density at radius 2 is 1.97 bits per heavy atom. The molecular weight excluding hydrogens is 398 g/mol. The van der Waals surface area contributed by atoms with E-state index >= 15 is 0 Å². The van der Waals surface area contributed by atoms with Crippen LogP contribution in [0.2, 0.25) is 0 Å². The minimum atomic E-state index is -3.55. The van der Waals surface area contributed by atoms with Crippen molar-refractivity contribution in [3.05, 3.63) is 36.4 Å². The molecule has 0 aliphatic carbocycles. The van der Waals surface area contributed by atoms with E-state index in [1.165, 1.54) is 26.2 Å². The number of aryl methyl sites for hydroxylation is 1. The van der Waals surface area contributed by atoms with E-state index in [0.29, 0.717) is 34.8 Å². The summed E-state index contributed by atoms with van der Waals surface area (Å²) in [5, 5.41) is 10.9. The molecule has 10 nitrogen and oxygen atoms in total. The standard InChI is InChI=1S/C18H19N5O5S/c1-22(2)29(25,26)13-4-5-15-14(10-13)20-21-23(15)8-7-18(24)19-12-3-6-16-17(9-12)28-11-27-16/h3-6,9-10H,7-8,11H2,1-2H3,(H,19,24). The van der Waals surface area contributed by atoms with Gasteiger partial charge in [-0.2, -0.15) is 0 Å². The van der Waals surface area contributed by atoms with Gasteiger partial charge in [-0.15, -0.1) is 5.10 Å². The summed E-state index contributed by atoms with van der Waals surface area (Å²) >= 11 is 0. The number of aromatic nitrogens is 3. The molecule has 0 bridgehead atoms. The zero-order chi connectivity index (χ0) is 20.6. The fourth-order valence-electron chi connectivity index (χ4n) is 2.89. The molecule has 0 atom stereocenters. The fraction of sp³-hybridized carbons (Fsp3) is 0.278. The van der Waals surface area contributed by atoms with Crippen LogP contribution in [-0.4, -0.2) is 54.5 Å². The average Bonchev–Trinajstić information content (AvgIpc) is 3.32. The van der Waals surface area contributed by atoms with E-state index in [4.69, 9.17) is 9.47 Å². The van der Waals surface area contributed by atoms with Crippen molar-refractivity contribution in [3.63, 3.8) is 0 Å². The summed E-state index contributed by atoms with van der Waals surface area (Å²) in [4.78, 5) is 12.4. The normalized spacial score (nSPS) is 13.2. The van der Waals surface area contributed by atoms with E-state index in [2.05, 4.69) is 15.6 Å². The van der Waals surface area contributed by atoms with Crippen molar-refractivity contribution in [1.29, 1.82) is 0 Å². The number of amides is 1. The van der Waals surface area contributed by atoms with Gasteiger partial charge in [0.15, 0.2) is 11.5 Å². The molecule has 152 valence electrons. The number of ether oxygens (including phenoxy) is 2. The number of fused-ring (bicyclic) bond motifs is 2. The van der Waals surface area contributed by atoms with E-state index in [1.54, 1.807) is 28.9 Å². The molecule has 1 amide bonds. The Morgan fingerprint density at radius 1 is 1.17 bits per heavy atom. The summed E-state index contributed by atoms with van der Waals surface area (Å²) in [6.07, 6.45) is 0.171. The fourth-order valence-corrected chi connectivity index (χ4v) is 3.82. The summed E-state index contributed by atoms with van der Waals surface area (Å²) in [6, 6.07) is 9.80. The molecule has 2 aromatic carbocycles. The van der Waals surface area contributed by atoms with Crippen LogP contribution in [0.4, 0.5) is 5.69 Å². The van der Waals surface area contributed by atoms with Gasteiger partial charge in [-0.1, -0.05) is 5.21 Å². The van der Waals surface area contributed by atoms with Gasteiger partial charge >= 0.3 is 0 Å². The topological polar surface area (TPSA) is 116 Å². The van der Waals surface area contributed by atoms with Crippen LogP contribution < -0.4 is 14.8 Å². The highest BCUT2D eigenvalue weighted by Crippen LogP contribution is 2.34. The van der Waals surface area contributed by atoms with Crippen molar-refractivity contribution < 1.29 is 22.7 Å². The van der Waals surface area contributed by atoms with Crippen molar-refractivity contribution in [2.75, 3.05) is 26.2 Å². The maximum Gasteiger partial charge on any atom is 0.242 e. The average molecular weight is 417 g/mol. The first kappa shape index (κ1) is 19.2. The number of nitrogens with zero attached hydrogens (tertiary/aromatic N) is 4. The molecule has 29 heavy (non-hydrogen) atoms. The summed E-state index contributed by atoms with van der Waals surface area (Å²) in [7, 11) is -0.616. The van der Waals surface area contributed by atoms with Crippen molar-refractivity contribution in [3.8, 4) is 11.5 Å². The molecule has 1 aliphatic rings. The van der Waals surface area contributed by atoms with Gasteiger partial charge in [0.05, 0.1) is 17.0 Å². The molecule has 1 aliphatic heterocycles. The van der Waals surface area contributed by atoms with Gasteiger partial charge < -0.3 is 14.8 Å². The maximum atomic E-state index is 12.3. The molecule has 1 N–H and O–H groups in total. The predicted molar refractivity (Wildman–Crippen MR) is 104 cm³/mol. The highest BCUT2D eigenvalue weighted by molar-refractivity contribution is 7.89. The Bertz CT molecular complexity index is 1190. The molecule has 0 saturated heterocycles. The lowest BCUT2D eigenvalue weighted by Gasteiger charge is -2.11. The highest BCUT2D eigenvalue weighted by Gasteiger charge is 2.19. The van der Waals surface area contributed by atoms with Gasteiger partial charge in [-0.25, -0.2) is 17.4 Å². The number of nitrogens with one attached hydrogen (secondary N) is 1. The molecule has 0 fully saturated rings. The molecular formula is C18H19N5O5S. The largest absolute Gasteiger partial charge is 0.454 e. The Labute approximate surface area is 167 Å². The van der Waals surface area contributed by atoms with Crippen molar-refractivity contribution in [1.82, 2.24) is 19.3 Å². The third kappa shape index (κ3) is 3.74. The summed E-state index contributed by atoms with van der Waals surface area (Å²) in [6.45, 7) is 0.469. The van der Waals surface area contributed by atoms with Crippen LogP contribution in [0.5, 0.6) is 11.5 Å². The smallest absolute Gasteiger partial charge is 0.242 e. The van der Waals surface area contributed by atoms with Crippen LogP contribution in [-0.2, 0) is 21.4 Å². The number of carbonyl (C=O) groups is 1. The van der Waals surface area contributed by atoms with Crippen LogP contribution in [0.3, 0.4) is 0 Å². The third-order valence-corrected chi connectivity index (χ3v) is 6.28. The predicted octanol–water partition coefficient (Wildman–Crippen LogP) is 1.44. The first-order valence-electron chi connectivity index (χ1n) is 8.80. The Hall–Kier alpha value is -3.18. The molecule has 4 rings (SSSR count). The summed E-state index contributed by atoms with van der Waals surface area (Å²) < 4.78 is 37.7. The first-order valence-corrected chi connectivity index (χ1v) is 10.2. The van der Waals surface area contributed by atoms with Gasteiger partial charge in [0.25, 0.3) is 0 Å². The van der Waals surface area contributed by atoms with Gasteiger partial charge in [0, 0.05) is 32.3 Å². The lowest BCUT2D eigenvalue weighted by molar-refractivity contribution is -0.116. The second-order valence-corrected chi connectivity index (χ2v) is 8.77. The summed E-state index contributed by atoms with van der Waals surface area (Å²) in [5.74, 6) is 1.04. The van der Waals surface area contributed by atoms with Crippen LogP contribution >= 0.6 is 0 Å². The van der Waals surface area contributed by atoms with E-state index in [0.717, 1.165) is 4.31 Å². The zero-order valence-electron chi connectivity index (χ0n) is 15.8. The minimum Gasteiger partial charge on any atom is -0.454 e. The number of carbonyl (C=O) groups excluding carboxylic acids is 1. The monoisotopic (exact) mass is 417 g/mol. The molecule has 1 aromatic heterocycles. The Kier molecular flexibility index (Phi) is 4.84. The second kappa shape index (κ2) is 7.33. The lowest BCUT2D eigenvalue weighted by atomic mass is 10.2.